The van der Waals surface area contributed by atoms with Crippen molar-refractivity contribution in [3.05, 3.63) is 11.7 Å². The average molecular weight is 251 g/mol. The largest absolute Gasteiger partial charge is 0.343 e. The number of likely N-dealkylation sites (tertiary alicyclic amines) is 1. The summed E-state index contributed by atoms with van der Waals surface area (Å²) >= 11 is 0. The molecule has 0 radical (unpaired) electrons. The zero-order valence-electron chi connectivity index (χ0n) is 11.4. The maximum absolute atomic E-state index is 11.6. The molecule has 0 spiro atoms. The first-order chi connectivity index (χ1) is 8.47. The smallest absolute Gasteiger partial charge is 0.226 e. The maximum Gasteiger partial charge on any atom is 0.226 e. The van der Waals surface area contributed by atoms with Crippen molar-refractivity contribution in [3.63, 3.8) is 0 Å². The third kappa shape index (κ3) is 3.09. The van der Waals surface area contributed by atoms with Gasteiger partial charge in [-0.25, -0.2) is 0 Å². The van der Waals surface area contributed by atoms with E-state index in [1.807, 2.05) is 4.90 Å². The van der Waals surface area contributed by atoms with E-state index in [9.17, 15) is 4.79 Å². The van der Waals surface area contributed by atoms with Crippen LogP contribution in [0.4, 0.5) is 0 Å². The molecule has 0 unspecified atom stereocenters. The molecule has 2 heterocycles. The van der Waals surface area contributed by atoms with Crippen LogP contribution in [-0.4, -0.2) is 34.0 Å². The Balaban J connectivity index is 1.76. The van der Waals surface area contributed by atoms with Gasteiger partial charge in [0.1, 0.15) is 0 Å². The third-order valence-corrected chi connectivity index (χ3v) is 3.13. The lowest BCUT2D eigenvalue weighted by molar-refractivity contribution is -0.134. The average Bonchev–Trinajstić information content (AvgIpc) is 2.62. The van der Waals surface area contributed by atoms with Gasteiger partial charge in [0.05, 0.1) is 0 Å². The van der Waals surface area contributed by atoms with Crippen molar-refractivity contribution in [3.8, 4) is 0 Å². The van der Waals surface area contributed by atoms with Crippen LogP contribution in [-0.2, 0) is 16.6 Å². The van der Waals surface area contributed by atoms with Crippen LogP contribution >= 0.6 is 0 Å². The first-order valence-electron chi connectivity index (χ1n) is 6.57. The van der Waals surface area contributed by atoms with Gasteiger partial charge < -0.3 is 9.42 Å². The molecule has 18 heavy (non-hydrogen) atoms. The second-order valence-electron chi connectivity index (χ2n) is 5.85. The summed E-state index contributed by atoms with van der Waals surface area (Å²) in [6.45, 7) is 8.00. The summed E-state index contributed by atoms with van der Waals surface area (Å²) in [7, 11) is 0. The van der Waals surface area contributed by atoms with Gasteiger partial charge in [0.2, 0.25) is 11.8 Å². The molecule has 1 aromatic rings. The van der Waals surface area contributed by atoms with Crippen LogP contribution in [0.15, 0.2) is 4.52 Å². The third-order valence-electron chi connectivity index (χ3n) is 3.13. The van der Waals surface area contributed by atoms with Crippen molar-refractivity contribution in [1.82, 2.24) is 15.0 Å². The molecule has 5 nitrogen and oxygen atoms in total. The fraction of sp³-hybridized carbons (Fsp3) is 0.769. The van der Waals surface area contributed by atoms with E-state index in [2.05, 4.69) is 30.9 Å². The highest BCUT2D eigenvalue weighted by molar-refractivity contribution is 5.76. The standard InChI is InChI=1S/C13H21N3O2/c1-13(2,3)12-14-10(18-15-12)6-4-7-11(17)16-8-5-9-16/h4-9H2,1-3H3. The zero-order chi connectivity index (χ0) is 13.2. The van der Waals surface area contributed by atoms with Crippen LogP contribution in [0, 0.1) is 0 Å². The molecule has 2 rings (SSSR count). The van der Waals surface area contributed by atoms with Crippen molar-refractivity contribution in [2.45, 2.75) is 51.9 Å². The van der Waals surface area contributed by atoms with Gasteiger partial charge in [-0.15, -0.1) is 0 Å². The van der Waals surface area contributed by atoms with E-state index in [0.29, 0.717) is 18.7 Å². The summed E-state index contributed by atoms with van der Waals surface area (Å²) in [6.07, 6.45) is 3.18. The summed E-state index contributed by atoms with van der Waals surface area (Å²) in [5.41, 5.74) is -0.0881. The summed E-state index contributed by atoms with van der Waals surface area (Å²) in [6, 6.07) is 0. The Hall–Kier alpha value is -1.39. The van der Waals surface area contributed by atoms with E-state index >= 15 is 0 Å². The van der Waals surface area contributed by atoms with Crippen LogP contribution in [0.5, 0.6) is 0 Å². The highest BCUT2D eigenvalue weighted by atomic mass is 16.5. The Morgan fingerprint density at radius 2 is 2.11 bits per heavy atom. The second-order valence-corrected chi connectivity index (χ2v) is 5.85. The van der Waals surface area contributed by atoms with Crippen molar-refractivity contribution >= 4 is 5.91 Å². The van der Waals surface area contributed by atoms with E-state index in [1.54, 1.807) is 0 Å². The molecule has 0 N–H and O–H groups in total. The lowest BCUT2D eigenvalue weighted by Gasteiger charge is -2.30. The predicted molar refractivity (Wildman–Crippen MR) is 67.1 cm³/mol. The van der Waals surface area contributed by atoms with E-state index in [1.165, 1.54) is 0 Å². The SMILES string of the molecule is CC(C)(C)c1noc(CCCC(=O)N2CCC2)n1. The van der Waals surface area contributed by atoms with E-state index in [4.69, 9.17) is 4.52 Å². The molecule has 0 aliphatic carbocycles. The number of rotatable bonds is 4. The number of carbonyl (C=O) groups is 1. The molecular formula is C13H21N3O2. The minimum absolute atomic E-state index is 0.0881. The molecule has 100 valence electrons. The molecule has 1 fully saturated rings. The quantitative estimate of drug-likeness (QED) is 0.820. The number of carbonyl (C=O) groups excluding carboxylic acids is 1. The Morgan fingerprint density at radius 1 is 1.39 bits per heavy atom. The lowest BCUT2D eigenvalue weighted by Crippen LogP contribution is -2.41. The van der Waals surface area contributed by atoms with E-state index in [-0.39, 0.29) is 11.3 Å². The number of aromatic nitrogens is 2. The molecule has 1 aliphatic rings. The minimum atomic E-state index is -0.0881. The normalized spacial score (nSPS) is 15.6. The summed E-state index contributed by atoms with van der Waals surface area (Å²) in [5, 5.41) is 3.97. The van der Waals surface area contributed by atoms with Gasteiger partial charge in [-0.1, -0.05) is 25.9 Å². The molecule has 0 atom stereocenters. The van der Waals surface area contributed by atoms with Crippen molar-refractivity contribution in [2.75, 3.05) is 13.1 Å². The molecule has 1 saturated heterocycles. The topological polar surface area (TPSA) is 59.2 Å². The molecule has 0 saturated carbocycles. The first-order valence-corrected chi connectivity index (χ1v) is 6.57. The fourth-order valence-corrected chi connectivity index (χ4v) is 1.78. The minimum Gasteiger partial charge on any atom is -0.343 e. The second kappa shape index (κ2) is 5.08. The van der Waals surface area contributed by atoms with Crippen LogP contribution in [0.1, 0.15) is 51.7 Å². The molecule has 1 amide bonds. The number of nitrogens with zero attached hydrogens (tertiary/aromatic N) is 3. The lowest BCUT2D eigenvalue weighted by atomic mass is 9.96. The van der Waals surface area contributed by atoms with Crippen molar-refractivity contribution < 1.29 is 9.32 Å². The number of amides is 1. The number of hydrogen-bond acceptors (Lipinski definition) is 4. The van der Waals surface area contributed by atoms with Crippen LogP contribution < -0.4 is 0 Å². The molecule has 0 bridgehead atoms. The van der Waals surface area contributed by atoms with Crippen molar-refractivity contribution in [2.24, 2.45) is 0 Å². The molecule has 1 aromatic heterocycles. The van der Waals surface area contributed by atoms with E-state index in [0.717, 1.165) is 31.8 Å². The Bertz CT molecular complexity index is 416. The van der Waals surface area contributed by atoms with E-state index < -0.39 is 0 Å². The molecule has 1 aliphatic heterocycles. The summed E-state index contributed by atoms with van der Waals surface area (Å²) < 4.78 is 5.19. The highest BCUT2D eigenvalue weighted by Gasteiger charge is 2.22. The van der Waals surface area contributed by atoms with Crippen molar-refractivity contribution in [1.29, 1.82) is 0 Å². The monoisotopic (exact) mass is 251 g/mol. The van der Waals surface area contributed by atoms with Crippen LogP contribution in [0.25, 0.3) is 0 Å². The Kier molecular flexibility index (Phi) is 3.68. The number of aryl methyl sites for hydroxylation is 1. The van der Waals surface area contributed by atoms with Gasteiger partial charge in [0.15, 0.2) is 5.82 Å². The Labute approximate surface area is 108 Å². The summed E-state index contributed by atoms with van der Waals surface area (Å²) in [4.78, 5) is 17.9. The molecular weight excluding hydrogens is 230 g/mol. The van der Waals surface area contributed by atoms with Gasteiger partial charge >= 0.3 is 0 Å². The first kappa shape index (κ1) is 13.1. The summed E-state index contributed by atoms with van der Waals surface area (Å²) in [5.74, 6) is 1.61. The van der Waals surface area contributed by atoms with Gasteiger partial charge in [-0.05, 0) is 12.8 Å². The Morgan fingerprint density at radius 3 is 2.61 bits per heavy atom. The van der Waals surface area contributed by atoms with Gasteiger partial charge in [-0.2, -0.15) is 4.98 Å². The van der Waals surface area contributed by atoms with Gasteiger partial charge in [-0.3, -0.25) is 4.79 Å². The van der Waals surface area contributed by atoms with Crippen LogP contribution in [0.2, 0.25) is 0 Å². The van der Waals surface area contributed by atoms with Crippen LogP contribution in [0.3, 0.4) is 0 Å². The molecule has 5 heteroatoms. The number of hydrogen-bond donors (Lipinski definition) is 0. The fourth-order valence-electron chi connectivity index (χ4n) is 1.78. The van der Waals surface area contributed by atoms with Gasteiger partial charge in [0.25, 0.3) is 0 Å². The predicted octanol–water partition coefficient (Wildman–Crippen LogP) is 1.92. The molecule has 0 aromatic carbocycles. The van der Waals surface area contributed by atoms with Gasteiger partial charge in [0, 0.05) is 31.3 Å². The highest BCUT2D eigenvalue weighted by Crippen LogP contribution is 2.19. The zero-order valence-corrected chi connectivity index (χ0v) is 11.4. The maximum atomic E-state index is 11.6.